The van der Waals surface area contributed by atoms with E-state index in [9.17, 15) is 8.42 Å². The third kappa shape index (κ3) is 3.98. The van der Waals surface area contributed by atoms with Crippen LogP contribution in [0.5, 0.6) is 0 Å². The highest BCUT2D eigenvalue weighted by atomic mass is 35.5. The van der Waals surface area contributed by atoms with Crippen molar-refractivity contribution < 1.29 is 8.42 Å². The molecule has 1 fully saturated rings. The Morgan fingerprint density at radius 3 is 2.85 bits per heavy atom. The maximum absolute atomic E-state index is 12.3. The van der Waals surface area contributed by atoms with E-state index < -0.39 is 10.0 Å². The normalized spacial score (nSPS) is 20.0. The molecule has 1 saturated heterocycles. The molecule has 4 nitrogen and oxygen atoms in total. The van der Waals surface area contributed by atoms with Crippen molar-refractivity contribution in [2.45, 2.75) is 17.1 Å². The van der Waals surface area contributed by atoms with Gasteiger partial charge >= 0.3 is 0 Å². The fraction of sp³-hybridized carbons (Fsp3) is 0.500. The van der Waals surface area contributed by atoms with E-state index in [4.69, 9.17) is 17.3 Å². The topological polar surface area (TPSA) is 72.2 Å². The van der Waals surface area contributed by atoms with Crippen molar-refractivity contribution >= 4 is 50.8 Å². The number of nitrogens with two attached hydrogens (primary N) is 1. The Bertz CT molecular complexity index is 587. The third-order valence-electron chi connectivity index (χ3n) is 2.97. The predicted octanol–water partition coefficient (Wildman–Crippen LogP) is 2.36. The Morgan fingerprint density at radius 2 is 2.20 bits per heavy atom. The summed E-state index contributed by atoms with van der Waals surface area (Å²) in [5.41, 5.74) is 6.57. The molecule has 1 aliphatic heterocycles. The summed E-state index contributed by atoms with van der Waals surface area (Å²) in [5, 5.41) is 0.703. The molecule has 1 aromatic rings. The second kappa shape index (κ2) is 6.79. The van der Waals surface area contributed by atoms with E-state index in [1.807, 2.05) is 23.5 Å². The van der Waals surface area contributed by atoms with Crippen LogP contribution in [0.25, 0.3) is 0 Å². The molecular formula is C12H17ClN2O2S3. The number of thioether (sulfide) groups is 2. The van der Waals surface area contributed by atoms with Gasteiger partial charge in [-0.15, -0.1) is 0 Å². The van der Waals surface area contributed by atoms with E-state index in [1.54, 1.807) is 13.0 Å². The number of benzene rings is 1. The quantitative estimate of drug-likeness (QED) is 0.814. The zero-order chi connectivity index (χ0) is 14.8. The lowest BCUT2D eigenvalue weighted by Gasteiger charge is -2.21. The first-order valence-corrected chi connectivity index (χ1v) is 10.2. The molecule has 0 aliphatic carbocycles. The smallest absolute Gasteiger partial charge is 0.240 e. The molecule has 0 aromatic heterocycles. The monoisotopic (exact) mass is 352 g/mol. The first kappa shape index (κ1) is 16.3. The number of anilines is 1. The van der Waals surface area contributed by atoms with Crippen molar-refractivity contribution in [1.29, 1.82) is 0 Å². The number of hydrogen-bond acceptors (Lipinski definition) is 5. The maximum Gasteiger partial charge on any atom is 0.240 e. The van der Waals surface area contributed by atoms with Gasteiger partial charge in [0, 0.05) is 29.1 Å². The summed E-state index contributed by atoms with van der Waals surface area (Å²) in [6.07, 6.45) is 0. The van der Waals surface area contributed by atoms with E-state index in [0.717, 1.165) is 17.3 Å². The standard InChI is InChI=1S/C12H17ClN2O2S3/c1-8-4-10(13)11(14)5-12(8)20(16,17)15-6-9-7-18-2-3-19-9/h4-5,9,15H,2-3,6-7,14H2,1H3. The molecule has 8 heteroatoms. The molecule has 0 radical (unpaired) electrons. The zero-order valence-electron chi connectivity index (χ0n) is 11.1. The summed E-state index contributed by atoms with van der Waals surface area (Å²) in [5.74, 6) is 3.19. The largest absolute Gasteiger partial charge is 0.397 e. The lowest BCUT2D eigenvalue weighted by Crippen LogP contribution is -2.33. The van der Waals surface area contributed by atoms with Crippen molar-refractivity contribution in [2.24, 2.45) is 0 Å². The number of rotatable bonds is 4. The highest BCUT2D eigenvalue weighted by molar-refractivity contribution is 8.06. The van der Waals surface area contributed by atoms with Crippen molar-refractivity contribution in [2.75, 3.05) is 29.5 Å². The highest BCUT2D eigenvalue weighted by Gasteiger charge is 2.21. The van der Waals surface area contributed by atoms with E-state index in [0.29, 0.717) is 22.4 Å². The Hall–Kier alpha value is -0.0800. The minimum absolute atomic E-state index is 0.202. The van der Waals surface area contributed by atoms with Gasteiger partial charge in [0.2, 0.25) is 10.0 Å². The lowest BCUT2D eigenvalue weighted by molar-refractivity contribution is 0.581. The van der Waals surface area contributed by atoms with Crippen molar-refractivity contribution in [1.82, 2.24) is 4.72 Å². The van der Waals surface area contributed by atoms with Crippen molar-refractivity contribution in [3.8, 4) is 0 Å². The molecule has 1 unspecified atom stereocenters. The second-order valence-electron chi connectivity index (χ2n) is 4.56. The molecule has 0 amide bonds. The molecule has 0 bridgehead atoms. The van der Waals surface area contributed by atoms with Crippen molar-refractivity contribution in [3.05, 3.63) is 22.7 Å². The van der Waals surface area contributed by atoms with Crippen LogP contribution < -0.4 is 10.5 Å². The number of nitrogen functional groups attached to an aromatic ring is 1. The minimum atomic E-state index is -3.54. The Morgan fingerprint density at radius 1 is 1.45 bits per heavy atom. The predicted molar refractivity (Wildman–Crippen MR) is 89.4 cm³/mol. The number of nitrogens with one attached hydrogen (secondary N) is 1. The Labute approximate surface area is 133 Å². The minimum Gasteiger partial charge on any atom is -0.397 e. The zero-order valence-corrected chi connectivity index (χ0v) is 14.3. The van der Waals surface area contributed by atoms with Crippen LogP contribution in [0.2, 0.25) is 5.02 Å². The van der Waals surface area contributed by atoms with E-state index in [1.165, 1.54) is 6.07 Å². The highest BCUT2D eigenvalue weighted by Crippen LogP contribution is 2.27. The van der Waals surface area contributed by atoms with E-state index in [2.05, 4.69) is 4.72 Å². The first-order valence-electron chi connectivity index (χ1n) is 6.15. The molecule has 2 rings (SSSR count). The molecule has 1 aromatic carbocycles. The van der Waals surface area contributed by atoms with Crippen LogP contribution in [0, 0.1) is 6.92 Å². The van der Waals surface area contributed by atoms with Gasteiger partial charge in [0.1, 0.15) is 0 Å². The van der Waals surface area contributed by atoms with Gasteiger partial charge < -0.3 is 5.73 Å². The summed E-state index contributed by atoms with van der Waals surface area (Å²) >= 11 is 9.57. The molecule has 20 heavy (non-hydrogen) atoms. The van der Waals surface area contributed by atoms with Crippen LogP contribution in [-0.4, -0.2) is 37.5 Å². The van der Waals surface area contributed by atoms with Gasteiger partial charge in [-0.05, 0) is 24.6 Å². The first-order chi connectivity index (χ1) is 9.40. The molecule has 1 aliphatic rings. The maximum atomic E-state index is 12.3. The van der Waals surface area contributed by atoms with Gasteiger partial charge in [-0.25, -0.2) is 13.1 Å². The van der Waals surface area contributed by atoms with Crippen LogP contribution in [0.3, 0.4) is 0 Å². The molecule has 0 spiro atoms. The molecular weight excluding hydrogens is 336 g/mol. The van der Waals surface area contributed by atoms with E-state index in [-0.39, 0.29) is 10.6 Å². The summed E-state index contributed by atoms with van der Waals surface area (Å²) in [4.78, 5) is 0.202. The summed E-state index contributed by atoms with van der Waals surface area (Å²) < 4.78 is 27.3. The fourth-order valence-electron chi connectivity index (χ4n) is 1.89. The number of aryl methyl sites for hydroxylation is 1. The van der Waals surface area contributed by atoms with Gasteiger partial charge in [0.15, 0.2) is 0 Å². The van der Waals surface area contributed by atoms with Crippen molar-refractivity contribution in [3.63, 3.8) is 0 Å². The average molecular weight is 353 g/mol. The Kier molecular flexibility index (Phi) is 5.53. The molecule has 1 atom stereocenters. The number of hydrogen-bond donors (Lipinski definition) is 2. The Balaban J connectivity index is 2.11. The molecule has 3 N–H and O–H groups in total. The second-order valence-corrected chi connectivity index (χ2v) is 9.26. The van der Waals surface area contributed by atoms with Gasteiger partial charge in [0.05, 0.1) is 15.6 Å². The van der Waals surface area contributed by atoms with Gasteiger partial charge in [0.25, 0.3) is 0 Å². The van der Waals surface area contributed by atoms with Crippen LogP contribution >= 0.6 is 35.1 Å². The lowest BCUT2D eigenvalue weighted by atomic mass is 10.2. The average Bonchev–Trinajstić information content (AvgIpc) is 2.42. The van der Waals surface area contributed by atoms with Crippen LogP contribution in [0.15, 0.2) is 17.0 Å². The summed E-state index contributed by atoms with van der Waals surface area (Å²) in [6.45, 7) is 2.16. The number of sulfonamides is 1. The fourth-order valence-corrected chi connectivity index (χ4v) is 6.17. The van der Waals surface area contributed by atoms with Gasteiger partial charge in [-0.1, -0.05) is 11.6 Å². The summed E-state index contributed by atoms with van der Waals surface area (Å²) in [6, 6.07) is 3.00. The SMILES string of the molecule is Cc1cc(Cl)c(N)cc1S(=O)(=O)NCC1CSCCS1. The summed E-state index contributed by atoms with van der Waals surface area (Å²) in [7, 11) is -3.54. The van der Waals surface area contributed by atoms with Crippen LogP contribution in [0.1, 0.15) is 5.56 Å². The number of halogens is 1. The van der Waals surface area contributed by atoms with Gasteiger partial charge in [-0.3, -0.25) is 0 Å². The van der Waals surface area contributed by atoms with Gasteiger partial charge in [-0.2, -0.15) is 23.5 Å². The third-order valence-corrected chi connectivity index (χ3v) is 7.71. The molecule has 112 valence electrons. The molecule has 1 heterocycles. The van der Waals surface area contributed by atoms with Crippen LogP contribution in [-0.2, 0) is 10.0 Å². The molecule has 0 saturated carbocycles. The van der Waals surface area contributed by atoms with E-state index >= 15 is 0 Å². The van der Waals surface area contributed by atoms with Crippen LogP contribution in [0.4, 0.5) is 5.69 Å².